The van der Waals surface area contributed by atoms with Gasteiger partial charge < -0.3 is 15.6 Å². The molecule has 0 fully saturated rings. The van der Waals surface area contributed by atoms with Crippen molar-refractivity contribution in [3.05, 3.63) is 36.0 Å². The molecule has 3 N–H and O–H groups in total. The summed E-state index contributed by atoms with van der Waals surface area (Å²) in [5, 5.41) is 5.95. The van der Waals surface area contributed by atoms with E-state index in [9.17, 15) is 13.2 Å². The summed E-state index contributed by atoms with van der Waals surface area (Å²) in [5.74, 6) is 0.716. The van der Waals surface area contributed by atoms with Gasteiger partial charge in [-0.25, -0.2) is 4.98 Å². The zero-order valence-corrected chi connectivity index (χ0v) is 13.9. The van der Waals surface area contributed by atoms with Gasteiger partial charge in [0, 0.05) is 11.2 Å². The summed E-state index contributed by atoms with van der Waals surface area (Å²) in [6.45, 7) is 5.93. The summed E-state index contributed by atoms with van der Waals surface area (Å²) in [7, 11) is 0. The molecule has 0 saturated carbocycles. The highest BCUT2D eigenvalue weighted by Gasteiger charge is 2.30. The lowest BCUT2D eigenvalue weighted by Gasteiger charge is -2.19. The Hall–Kier alpha value is -2.84. The molecule has 0 atom stereocenters. The van der Waals surface area contributed by atoms with E-state index in [2.05, 4.69) is 30.6 Å². The number of halogens is 3. The molecule has 0 aliphatic heterocycles. The highest BCUT2D eigenvalue weighted by atomic mass is 19.4. The van der Waals surface area contributed by atoms with Crippen LogP contribution in [-0.4, -0.2) is 25.5 Å². The number of benzene rings is 1. The van der Waals surface area contributed by atoms with Crippen LogP contribution in [0.15, 0.2) is 30.5 Å². The molecule has 0 radical (unpaired) electrons. The maximum atomic E-state index is 12.8. The normalized spacial score (nSPS) is 12.4. The Morgan fingerprint density at radius 3 is 2.52 bits per heavy atom. The van der Waals surface area contributed by atoms with E-state index in [1.165, 1.54) is 12.1 Å². The number of hydrogen-bond donors (Lipinski definition) is 3. The number of aromatic amines is 1. The van der Waals surface area contributed by atoms with E-state index in [1.54, 1.807) is 6.20 Å². The van der Waals surface area contributed by atoms with E-state index >= 15 is 0 Å². The van der Waals surface area contributed by atoms with Gasteiger partial charge in [0.2, 0.25) is 11.9 Å². The molecule has 0 saturated heterocycles. The first-order valence-electron chi connectivity index (χ1n) is 7.55. The molecule has 3 aromatic rings. The van der Waals surface area contributed by atoms with Crippen LogP contribution in [0.3, 0.4) is 0 Å². The lowest BCUT2D eigenvalue weighted by molar-refractivity contribution is -0.137. The number of nitrogens with one attached hydrogen (secondary N) is 3. The van der Waals surface area contributed by atoms with Crippen LogP contribution in [0.25, 0.3) is 11.2 Å². The maximum Gasteiger partial charge on any atom is 0.416 e. The van der Waals surface area contributed by atoms with Gasteiger partial charge in [-0.3, -0.25) is 0 Å². The van der Waals surface area contributed by atoms with Crippen LogP contribution in [0.1, 0.15) is 26.3 Å². The standard InChI is InChI=1S/C16H17F3N6/c1-15(2,3)25-13-20-8-11-12(23-13)24-14(22-11)21-10-6-4-5-9(7-10)16(17,18)19/h4-8H,1-3H3,(H3,20,21,22,23,24,25). The zero-order chi connectivity index (χ0) is 18.2. The first kappa shape index (κ1) is 17.0. The zero-order valence-electron chi connectivity index (χ0n) is 13.9. The lowest BCUT2D eigenvalue weighted by Crippen LogP contribution is -2.27. The molecule has 3 rings (SSSR count). The minimum absolute atomic E-state index is 0.205. The SMILES string of the molecule is CC(C)(C)Nc1ncc2[nH]c(Nc3cccc(C(F)(F)F)c3)nc2n1. The number of imidazole rings is 1. The number of aromatic nitrogens is 4. The fourth-order valence-corrected chi connectivity index (χ4v) is 2.17. The van der Waals surface area contributed by atoms with Crippen LogP contribution in [0, 0.1) is 0 Å². The van der Waals surface area contributed by atoms with Crippen molar-refractivity contribution in [2.75, 3.05) is 10.6 Å². The highest BCUT2D eigenvalue weighted by Crippen LogP contribution is 2.31. The van der Waals surface area contributed by atoms with Gasteiger partial charge in [-0.15, -0.1) is 0 Å². The molecule has 0 aliphatic carbocycles. The molecule has 9 heteroatoms. The third-order valence-electron chi connectivity index (χ3n) is 3.18. The Labute approximate surface area is 141 Å². The second-order valence-corrected chi connectivity index (χ2v) is 6.59. The third kappa shape index (κ3) is 4.17. The Balaban J connectivity index is 1.85. The van der Waals surface area contributed by atoms with Gasteiger partial charge in [-0.1, -0.05) is 6.07 Å². The number of alkyl halides is 3. The fraction of sp³-hybridized carbons (Fsp3) is 0.312. The van der Waals surface area contributed by atoms with E-state index in [-0.39, 0.29) is 17.2 Å². The summed E-state index contributed by atoms with van der Waals surface area (Å²) in [4.78, 5) is 15.7. The molecule has 0 unspecified atom stereocenters. The van der Waals surface area contributed by atoms with Gasteiger partial charge in [0.05, 0.1) is 11.8 Å². The van der Waals surface area contributed by atoms with Crippen molar-refractivity contribution >= 4 is 28.7 Å². The number of hydrogen-bond acceptors (Lipinski definition) is 5. The van der Waals surface area contributed by atoms with Crippen molar-refractivity contribution in [3.63, 3.8) is 0 Å². The van der Waals surface area contributed by atoms with Gasteiger partial charge in [0.15, 0.2) is 5.65 Å². The van der Waals surface area contributed by atoms with Crippen LogP contribution >= 0.6 is 0 Å². The van der Waals surface area contributed by atoms with E-state index < -0.39 is 11.7 Å². The smallest absolute Gasteiger partial charge is 0.350 e. The maximum absolute atomic E-state index is 12.8. The van der Waals surface area contributed by atoms with Crippen LogP contribution in [-0.2, 0) is 6.18 Å². The lowest BCUT2D eigenvalue weighted by atomic mass is 10.1. The Bertz CT molecular complexity index is 895. The van der Waals surface area contributed by atoms with Gasteiger partial charge in [-0.2, -0.15) is 23.1 Å². The van der Waals surface area contributed by atoms with E-state index in [0.29, 0.717) is 17.1 Å². The molecule has 0 spiro atoms. The summed E-state index contributed by atoms with van der Waals surface area (Å²) in [5.41, 5.74) is 0.327. The Morgan fingerprint density at radius 2 is 1.84 bits per heavy atom. The van der Waals surface area contributed by atoms with Gasteiger partial charge in [0.25, 0.3) is 0 Å². The van der Waals surface area contributed by atoms with Crippen molar-refractivity contribution in [1.82, 2.24) is 19.9 Å². The van der Waals surface area contributed by atoms with Crippen molar-refractivity contribution in [3.8, 4) is 0 Å². The average Bonchev–Trinajstić information content (AvgIpc) is 2.86. The molecule has 6 nitrogen and oxygen atoms in total. The molecule has 0 aliphatic rings. The predicted octanol–water partition coefficient (Wildman–Crippen LogP) is 4.33. The van der Waals surface area contributed by atoms with E-state index in [1.807, 2.05) is 20.8 Å². The first-order valence-corrected chi connectivity index (χ1v) is 7.55. The van der Waals surface area contributed by atoms with Crippen LogP contribution in [0.2, 0.25) is 0 Å². The quantitative estimate of drug-likeness (QED) is 0.655. The molecule has 0 amide bonds. The van der Waals surface area contributed by atoms with Crippen LogP contribution < -0.4 is 10.6 Å². The largest absolute Gasteiger partial charge is 0.416 e. The van der Waals surface area contributed by atoms with Crippen LogP contribution in [0.4, 0.5) is 30.8 Å². The Morgan fingerprint density at radius 1 is 1.08 bits per heavy atom. The number of rotatable bonds is 3. The summed E-state index contributed by atoms with van der Waals surface area (Å²) in [6, 6.07) is 4.89. The van der Waals surface area contributed by atoms with E-state index in [0.717, 1.165) is 12.1 Å². The summed E-state index contributed by atoms with van der Waals surface area (Å²) >= 11 is 0. The van der Waals surface area contributed by atoms with E-state index in [4.69, 9.17) is 0 Å². The average molecular weight is 350 g/mol. The first-order chi connectivity index (χ1) is 11.6. The number of fused-ring (bicyclic) bond motifs is 1. The third-order valence-corrected chi connectivity index (χ3v) is 3.18. The van der Waals surface area contributed by atoms with Gasteiger partial charge in [0.1, 0.15) is 5.52 Å². The molecule has 0 bridgehead atoms. The molecule has 1 aromatic carbocycles. The van der Waals surface area contributed by atoms with Crippen molar-refractivity contribution < 1.29 is 13.2 Å². The molecule has 2 aromatic heterocycles. The van der Waals surface area contributed by atoms with Gasteiger partial charge in [-0.05, 0) is 39.0 Å². The number of nitrogens with zero attached hydrogens (tertiary/aromatic N) is 3. The second-order valence-electron chi connectivity index (χ2n) is 6.59. The monoisotopic (exact) mass is 350 g/mol. The molecular formula is C16H17F3N6. The van der Waals surface area contributed by atoms with Crippen molar-refractivity contribution in [2.45, 2.75) is 32.5 Å². The number of H-pyrrole nitrogens is 1. The van der Waals surface area contributed by atoms with Crippen molar-refractivity contribution in [2.24, 2.45) is 0 Å². The number of anilines is 3. The summed E-state index contributed by atoms with van der Waals surface area (Å²) in [6.07, 6.45) is -2.83. The van der Waals surface area contributed by atoms with Gasteiger partial charge >= 0.3 is 6.18 Å². The highest BCUT2D eigenvalue weighted by molar-refractivity contribution is 5.75. The summed E-state index contributed by atoms with van der Waals surface area (Å²) < 4.78 is 38.3. The van der Waals surface area contributed by atoms with Crippen LogP contribution in [0.5, 0.6) is 0 Å². The topological polar surface area (TPSA) is 78.5 Å². The second kappa shape index (κ2) is 5.91. The fourth-order valence-electron chi connectivity index (χ4n) is 2.17. The Kier molecular flexibility index (Phi) is 4.02. The minimum Gasteiger partial charge on any atom is -0.350 e. The predicted molar refractivity (Wildman–Crippen MR) is 89.8 cm³/mol. The molecular weight excluding hydrogens is 333 g/mol. The van der Waals surface area contributed by atoms with Crippen molar-refractivity contribution in [1.29, 1.82) is 0 Å². The molecule has 2 heterocycles. The molecule has 25 heavy (non-hydrogen) atoms. The minimum atomic E-state index is -4.40. The molecule has 132 valence electrons.